The van der Waals surface area contributed by atoms with Gasteiger partial charge in [0.05, 0.1) is 24.8 Å². The van der Waals surface area contributed by atoms with Crippen LogP contribution in [-0.2, 0) is 11.3 Å². The molecule has 3 aromatic carbocycles. The highest BCUT2D eigenvalue weighted by molar-refractivity contribution is 5.94. The van der Waals surface area contributed by atoms with E-state index < -0.39 is 0 Å². The van der Waals surface area contributed by atoms with Gasteiger partial charge in [-0.3, -0.25) is 4.79 Å². The number of nitrogens with zero attached hydrogens (tertiary/aromatic N) is 2. The molecule has 0 aromatic heterocycles. The number of carbonyl (C=O) groups is 1. The van der Waals surface area contributed by atoms with Crippen LogP contribution in [0.25, 0.3) is 0 Å². The Labute approximate surface area is 180 Å². The number of amides is 1. The fourth-order valence-corrected chi connectivity index (χ4v) is 3.56. The number of benzene rings is 3. The molecular formula is C25H21FN2O3. The van der Waals surface area contributed by atoms with Crippen molar-refractivity contribution in [2.45, 2.75) is 12.7 Å². The number of nitriles is 1. The molecule has 1 aliphatic heterocycles. The topological polar surface area (TPSA) is 62.6 Å². The maximum atomic E-state index is 13.6. The van der Waals surface area contributed by atoms with Gasteiger partial charge in [0.25, 0.3) is 5.91 Å². The summed E-state index contributed by atoms with van der Waals surface area (Å²) in [6.07, 6.45) is -0.365. The molecule has 5 nitrogen and oxygen atoms in total. The van der Waals surface area contributed by atoms with Crippen LogP contribution in [0.4, 0.5) is 4.39 Å². The van der Waals surface area contributed by atoms with E-state index in [9.17, 15) is 14.4 Å². The maximum Gasteiger partial charge on any atom is 0.254 e. The molecule has 0 spiro atoms. The third-order valence-corrected chi connectivity index (χ3v) is 5.19. The number of carbonyl (C=O) groups excluding carboxylic acids is 1. The molecule has 0 saturated carbocycles. The van der Waals surface area contributed by atoms with Crippen molar-refractivity contribution in [1.29, 1.82) is 5.26 Å². The molecule has 31 heavy (non-hydrogen) atoms. The number of hydrogen-bond donors (Lipinski definition) is 0. The largest absolute Gasteiger partial charge is 0.489 e. The molecule has 0 bridgehead atoms. The minimum atomic E-state index is -0.365. The highest BCUT2D eigenvalue weighted by Gasteiger charge is 2.26. The monoisotopic (exact) mass is 416 g/mol. The first-order valence-electron chi connectivity index (χ1n) is 10.0. The SMILES string of the molecule is N#Cc1ccccc1COc1cccc(C(=O)N2CCOC(c3cccc(F)c3)C2)c1. The van der Waals surface area contributed by atoms with Crippen molar-refractivity contribution in [3.63, 3.8) is 0 Å². The molecule has 1 saturated heterocycles. The highest BCUT2D eigenvalue weighted by Crippen LogP contribution is 2.25. The molecule has 3 aromatic rings. The van der Waals surface area contributed by atoms with Crippen molar-refractivity contribution in [3.8, 4) is 11.8 Å². The van der Waals surface area contributed by atoms with Crippen molar-refractivity contribution in [3.05, 3.63) is 101 Å². The lowest BCUT2D eigenvalue weighted by molar-refractivity contribution is -0.0229. The predicted molar refractivity (Wildman–Crippen MR) is 113 cm³/mol. The molecule has 1 aliphatic rings. The van der Waals surface area contributed by atoms with E-state index in [0.29, 0.717) is 42.1 Å². The Bertz CT molecular complexity index is 1130. The highest BCUT2D eigenvalue weighted by atomic mass is 19.1. The zero-order valence-electron chi connectivity index (χ0n) is 16.8. The summed E-state index contributed by atoms with van der Waals surface area (Å²) in [7, 11) is 0. The zero-order valence-corrected chi connectivity index (χ0v) is 16.8. The van der Waals surface area contributed by atoms with Crippen LogP contribution in [0.15, 0.2) is 72.8 Å². The predicted octanol–water partition coefficient (Wildman–Crippen LogP) is 4.49. The second kappa shape index (κ2) is 9.41. The summed E-state index contributed by atoms with van der Waals surface area (Å²) in [5.74, 6) is 0.0912. The fraction of sp³-hybridized carbons (Fsp3) is 0.200. The zero-order chi connectivity index (χ0) is 21.6. The van der Waals surface area contributed by atoms with Gasteiger partial charge in [-0.05, 0) is 42.0 Å². The van der Waals surface area contributed by atoms with Gasteiger partial charge in [0.1, 0.15) is 24.3 Å². The number of halogens is 1. The minimum Gasteiger partial charge on any atom is -0.489 e. The van der Waals surface area contributed by atoms with Crippen LogP contribution in [0.5, 0.6) is 5.75 Å². The first-order chi connectivity index (χ1) is 15.1. The number of morpholine rings is 1. The molecular weight excluding hydrogens is 395 g/mol. The fourth-order valence-electron chi connectivity index (χ4n) is 3.56. The average molecular weight is 416 g/mol. The standard InChI is InChI=1S/C25H21FN2O3/c26-22-9-3-7-18(13-22)24-16-28(11-12-30-24)25(29)19-8-4-10-23(14-19)31-17-21-6-2-1-5-20(21)15-27/h1-10,13-14,24H,11-12,16-17H2. The van der Waals surface area contributed by atoms with E-state index in [1.165, 1.54) is 12.1 Å². The molecule has 0 radical (unpaired) electrons. The number of ether oxygens (including phenoxy) is 2. The van der Waals surface area contributed by atoms with Gasteiger partial charge in [-0.25, -0.2) is 4.39 Å². The van der Waals surface area contributed by atoms with Crippen LogP contribution < -0.4 is 4.74 Å². The van der Waals surface area contributed by atoms with Gasteiger partial charge in [0.2, 0.25) is 0 Å². The van der Waals surface area contributed by atoms with E-state index in [1.807, 2.05) is 12.1 Å². The Morgan fingerprint density at radius 1 is 1.13 bits per heavy atom. The van der Waals surface area contributed by atoms with Crippen LogP contribution in [0, 0.1) is 17.1 Å². The van der Waals surface area contributed by atoms with Crippen molar-refractivity contribution in [2.24, 2.45) is 0 Å². The molecule has 156 valence electrons. The van der Waals surface area contributed by atoms with Crippen LogP contribution in [0.2, 0.25) is 0 Å². The lowest BCUT2D eigenvalue weighted by atomic mass is 10.1. The Morgan fingerprint density at radius 2 is 1.97 bits per heavy atom. The summed E-state index contributed by atoms with van der Waals surface area (Å²) in [5.41, 5.74) is 2.57. The van der Waals surface area contributed by atoms with Gasteiger partial charge in [-0.2, -0.15) is 5.26 Å². The lowest BCUT2D eigenvalue weighted by Crippen LogP contribution is -2.42. The van der Waals surface area contributed by atoms with E-state index in [0.717, 1.165) is 5.56 Å². The summed E-state index contributed by atoms with van der Waals surface area (Å²) in [6.45, 7) is 1.43. The third kappa shape index (κ3) is 4.90. The van der Waals surface area contributed by atoms with Crippen molar-refractivity contribution >= 4 is 5.91 Å². The van der Waals surface area contributed by atoms with E-state index in [-0.39, 0.29) is 24.4 Å². The molecule has 0 N–H and O–H groups in total. The summed E-state index contributed by atoms with van der Waals surface area (Å²) in [6, 6.07) is 22.6. The van der Waals surface area contributed by atoms with Gasteiger partial charge in [-0.15, -0.1) is 0 Å². The molecule has 1 heterocycles. The molecule has 1 atom stereocenters. The van der Waals surface area contributed by atoms with Crippen LogP contribution in [-0.4, -0.2) is 30.5 Å². The van der Waals surface area contributed by atoms with Gasteiger partial charge in [0.15, 0.2) is 0 Å². The molecule has 1 unspecified atom stereocenters. The van der Waals surface area contributed by atoms with Gasteiger partial charge in [-0.1, -0.05) is 36.4 Å². The number of hydrogen-bond acceptors (Lipinski definition) is 4. The summed E-state index contributed by atoms with van der Waals surface area (Å²) in [4.78, 5) is 14.8. The van der Waals surface area contributed by atoms with Crippen LogP contribution >= 0.6 is 0 Å². The maximum absolute atomic E-state index is 13.6. The van der Waals surface area contributed by atoms with E-state index >= 15 is 0 Å². The van der Waals surface area contributed by atoms with Gasteiger partial charge in [0, 0.05) is 17.7 Å². The lowest BCUT2D eigenvalue weighted by Gasteiger charge is -2.33. The van der Waals surface area contributed by atoms with E-state index in [1.54, 1.807) is 53.4 Å². The first-order valence-corrected chi connectivity index (χ1v) is 10.0. The Hall–Kier alpha value is -3.69. The second-order valence-corrected chi connectivity index (χ2v) is 7.25. The Balaban J connectivity index is 1.44. The molecule has 6 heteroatoms. The van der Waals surface area contributed by atoms with Crippen LogP contribution in [0.1, 0.15) is 33.2 Å². The minimum absolute atomic E-state index is 0.132. The van der Waals surface area contributed by atoms with E-state index in [2.05, 4.69) is 6.07 Å². The van der Waals surface area contributed by atoms with Crippen molar-refractivity contribution in [1.82, 2.24) is 4.90 Å². The molecule has 4 rings (SSSR count). The normalized spacial score (nSPS) is 15.9. The average Bonchev–Trinajstić information content (AvgIpc) is 2.82. The smallest absolute Gasteiger partial charge is 0.254 e. The van der Waals surface area contributed by atoms with Gasteiger partial charge >= 0.3 is 0 Å². The summed E-state index contributed by atoms with van der Waals surface area (Å²) >= 11 is 0. The Kier molecular flexibility index (Phi) is 6.25. The molecule has 1 amide bonds. The van der Waals surface area contributed by atoms with Crippen molar-refractivity contribution in [2.75, 3.05) is 19.7 Å². The molecule has 0 aliphatic carbocycles. The third-order valence-electron chi connectivity index (χ3n) is 5.19. The first kappa shape index (κ1) is 20.6. The van der Waals surface area contributed by atoms with E-state index in [4.69, 9.17) is 9.47 Å². The number of rotatable bonds is 5. The molecule has 1 fully saturated rings. The summed E-state index contributed by atoms with van der Waals surface area (Å²) < 4.78 is 25.1. The second-order valence-electron chi connectivity index (χ2n) is 7.25. The quantitative estimate of drug-likeness (QED) is 0.615. The van der Waals surface area contributed by atoms with Gasteiger partial charge < -0.3 is 14.4 Å². The van der Waals surface area contributed by atoms with Crippen molar-refractivity contribution < 1.29 is 18.7 Å². The Morgan fingerprint density at radius 3 is 2.81 bits per heavy atom. The summed E-state index contributed by atoms with van der Waals surface area (Å²) in [5, 5.41) is 9.21. The van der Waals surface area contributed by atoms with Crippen LogP contribution in [0.3, 0.4) is 0 Å².